The second-order valence-electron chi connectivity index (χ2n) is 5.58. The summed E-state index contributed by atoms with van der Waals surface area (Å²) in [7, 11) is 0. The largest absolute Gasteiger partial charge is 0.459 e. The molecule has 5 nitrogen and oxygen atoms in total. The Morgan fingerprint density at radius 2 is 1.86 bits per heavy atom. The summed E-state index contributed by atoms with van der Waals surface area (Å²) in [5.41, 5.74) is 0.259. The summed E-state index contributed by atoms with van der Waals surface area (Å²) in [6.45, 7) is 9.05. The molecule has 1 atom stereocenters. The van der Waals surface area contributed by atoms with Gasteiger partial charge in [0.15, 0.2) is 0 Å². The highest BCUT2D eigenvalue weighted by Crippen LogP contribution is 2.08. The third-order valence-corrected chi connectivity index (χ3v) is 2.49. The normalized spacial score (nSPS) is 12.4. The van der Waals surface area contributed by atoms with Crippen LogP contribution in [-0.2, 0) is 20.9 Å². The summed E-state index contributed by atoms with van der Waals surface area (Å²) < 4.78 is 10.3. The van der Waals surface area contributed by atoms with Crippen molar-refractivity contribution in [1.82, 2.24) is 5.32 Å². The van der Waals surface area contributed by atoms with Gasteiger partial charge in [-0.25, -0.2) is 9.59 Å². The molecule has 0 fully saturated rings. The second-order valence-corrected chi connectivity index (χ2v) is 5.58. The molecular weight excluding hydrogens is 270 g/mol. The molecule has 0 saturated heterocycles. The highest BCUT2D eigenvalue weighted by Gasteiger charge is 2.24. The van der Waals surface area contributed by atoms with Gasteiger partial charge in [0.05, 0.1) is 0 Å². The first-order valence-electron chi connectivity index (χ1n) is 6.81. The van der Waals surface area contributed by atoms with E-state index in [1.165, 1.54) is 0 Å². The molecule has 1 rings (SSSR count). The average Bonchev–Trinajstić information content (AvgIpc) is 2.41. The van der Waals surface area contributed by atoms with E-state index < -0.39 is 23.7 Å². The van der Waals surface area contributed by atoms with E-state index in [0.717, 1.165) is 5.56 Å². The van der Waals surface area contributed by atoms with Gasteiger partial charge in [-0.3, -0.25) is 0 Å². The van der Waals surface area contributed by atoms with Crippen LogP contribution in [0, 0.1) is 6.92 Å². The molecular formula is C16H22NO4. The fraction of sp³-hybridized carbons (Fsp3) is 0.438. The smallest absolute Gasteiger partial charge is 0.408 e. The van der Waals surface area contributed by atoms with Gasteiger partial charge >= 0.3 is 12.1 Å². The van der Waals surface area contributed by atoms with Crippen LogP contribution in [0.1, 0.15) is 32.8 Å². The zero-order chi connectivity index (χ0) is 15.9. The highest BCUT2D eigenvalue weighted by molar-refractivity contribution is 5.81. The molecule has 1 radical (unpaired) electrons. The Morgan fingerprint density at radius 3 is 2.38 bits per heavy atom. The number of amides is 1. The molecule has 5 heteroatoms. The lowest BCUT2D eigenvalue weighted by Gasteiger charge is -2.22. The van der Waals surface area contributed by atoms with Crippen molar-refractivity contribution in [3.05, 3.63) is 42.8 Å². The first-order valence-corrected chi connectivity index (χ1v) is 6.81. The second kappa shape index (κ2) is 7.67. The van der Waals surface area contributed by atoms with E-state index >= 15 is 0 Å². The summed E-state index contributed by atoms with van der Waals surface area (Å²) in [5, 5.41) is 2.46. The van der Waals surface area contributed by atoms with Crippen LogP contribution in [0.5, 0.6) is 0 Å². The molecule has 1 aromatic rings. The molecule has 0 unspecified atom stereocenters. The molecule has 1 N–H and O–H groups in total. The molecule has 0 aliphatic heterocycles. The zero-order valence-electron chi connectivity index (χ0n) is 12.7. The van der Waals surface area contributed by atoms with Gasteiger partial charge in [0, 0.05) is 0 Å². The number of nitrogens with one attached hydrogen (secondary N) is 1. The van der Waals surface area contributed by atoms with Gasteiger partial charge in [-0.15, -0.1) is 0 Å². The monoisotopic (exact) mass is 292 g/mol. The van der Waals surface area contributed by atoms with Crippen LogP contribution in [0.25, 0.3) is 0 Å². The highest BCUT2D eigenvalue weighted by atomic mass is 16.6. The maximum absolute atomic E-state index is 11.9. The third-order valence-electron chi connectivity index (χ3n) is 2.49. The topological polar surface area (TPSA) is 64.6 Å². The Morgan fingerprint density at radius 1 is 1.24 bits per heavy atom. The maximum atomic E-state index is 11.9. The van der Waals surface area contributed by atoms with Gasteiger partial charge in [-0.2, -0.15) is 0 Å². The fourth-order valence-electron chi connectivity index (χ4n) is 1.53. The number of ether oxygens (including phenoxy) is 2. The molecule has 0 aromatic heterocycles. The molecule has 115 valence electrons. The fourth-order valence-corrected chi connectivity index (χ4v) is 1.53. The van der Waals surface area contributed by atoms with Gasteiger partial charge in [0.25, 0.3) is 0 Å². The molecule has 21 heavy (non-hydrogen) atoms. The Kier molecular flexibility index (Phi) is 6.21. The Hall–Kier alpha value is -2.04. The quantitative estimate of drug-likeness (QED) is 0.848. The predicted octanol–water partition coefficient (Wildman–Crippen LogP) is 2.85. The van der Waals surface area contributed by atoms with E-state index in [4.69, 9.17) is 9.47 Å². The van der Waals surface area contributed by atoms with Crippen molar-refractivity contribution in [1.29, 1.82) is 0 Å². The molecule has 1 aromatic carbocycles. The standard InChI is InChI=1S/C16H22NO4/c1-5-13(17-15(19)21-16(2,3)4)14(18)20-11-12-9-7-6-8-10-12/h6-10,13H,1,5,11H2,2-4H3,(H,17,19)/t13-/m0/s1. The van der Waals surface area contributed by atoms with E-state index in [1.807, 2.05) is 30.3 Å². The first kappa shape index (κ1) is 17.0. The number of carbonyl (C=O) groups is 2. The molecule has 0 aliphatic rings. The summed E-state index contributed by atoms with van der Waals surface area (Å²) >= 11 is 0. The number of carbonyl (C=O) groups excluding carboxylic acids is 2. The van der Waals surface area contributed by atoms with Crippen molar-refractivity contribution in [2.75, 3.05) is 0 Å². The maximum Gasteiger partial charge on any atom is 0.408 e. The number of hydrogen-bond donors (Lipinski definition) is 1. The lowest BCUT2D eigenvalue weighted by atomic mass is 10.2. The molecule has 0 aliphatic carbocycles. The van der Waals surface area contributed by atoms with Gasteiger partial charge in [0.1, 0.15) is 18.2 Å². The van der Waals surface area contributed by atoms with E-state index in [1.54, 1.807) is 20.8 Å². The predicted molar refractivity (Wildman–Crippen MR) is 79.4 cm³/mol. The minimum atomic E-state index is -0.816. The van der Waals surface area contributed by atoms with Crippen LogP contribution in [0.3, 0.4) is 0 Å². The van der Waals surface area contributed by atoms with Crippen molar-refractivity contribution in [3.63, 3.8) is 0 Å². The van der Waals surface area contributed by atoms with Crippen LogP contribution >= 0.6 is 0 Å². The van der Waals surface area contributed by atoms with E-state index in [2.05, 4.69) is 12.2 Å². The van der Waals surface area contributed by atoms with Gasteiger partial charge in [-0.05, 0) is 32.8 Å². The summed E-state index contributed by atoms with van der Waals surface area (Å²) in [4.78, 5) is 23.6. The summed E-state index contributed by atoms with van der Waals surface area (Å²) in [6, 6.07) is 8.50. The van der Waals surface area contributed by atoms with Crippen LogP contribution in [0.4, 0.5) is 4.79 Å². The van der Waals surface area contributed by atoms with Crippen molar-refractivity contribution in [2.45, 2.75) is 45.4 Å². The Balaban J connectivity index is 2.48. The Bertz CT molecular complexity index is 465. The number of rotatable bonds is 5. The molecule has 1 amide bonds. The van der Waals surface area contributed by atoms with Crippen LogP contribution < -0.4 is 5.32 Å². The van der Waals surface area contributed by atoms with E-state index in [9.17, 15) is 9.59 Å². The van der Waals surface area contributed by atoms with Crippen LogP contribution in [0.2, 0.25) is 0 Å². The lowest BCUT2D eigenvalue weighted by Crippen LogP contribution is -2.43. The molecule has 0 heterocycles. The van der Waals surface area contributed by atoms with Crippen molar-refractivity contribution in [3.8, 4) is 0 Å². The van der Waals surface area contributed by atoms with Crippen molar-refractivity contribution in [2.24, 2.45) is 0 Å². The Labute approximate surface area is 125 Å². The van der Waals surface area contributed by atoms with Crippen molar-refractivity contribution >= 4 is 12.1 Å². The number of alkyl carbamates (subject to hydrolysis) is 1. The number of esters is 1. The first-order chi connectivity index (χ1) is 9.81. The van der Waals surface area contributed by atoms with E-state index in [-0.39, 0.29) is 13.0 Å². The SMILES string of the molecule is [CH2]C[C@H](NC(=O)OC(C)(C)C)C(=O)OCc1ccccc1. The minimum absolute atomic E-state index is 0.159. The number of hydrogen-bond acceptors (Lipinski definition) is 4. The van der Waals surface area contributed by atoms with Gasteiger partial charge in [0.2, 0.25) is 0 Å². The minimum Gasteiger partial charge on any atom is -0.459 e. The number of benzene rings is 1. The molecule has 0 saturated carbocycles. The zero-order valence-corrected chi connectivity index (χ0v) is 12.7. The molecule has 0 spiro atoms. The van der Waals surface area contributed by atoms with E-state index in [0.29, 0.717) is 0 Å². The lowest BCUT2D eigenvalue weighted by molar-refractivity contribution is -0.147. The molecule has 0 bridgehead atoms. The third kappa shape index (κ3) is 6.79. The van der Waals surface area contributed by atoms with Gasteiger partial charge in [-0.1, -0.05) is 37.3 Å². The summed E-state index contributed by atoms with van der Waals surface area (Å²) in [6.07, 6.45) is -0.472. The van der Waals surface area contributed by atoms with Crippen LogP contribution in [0.15, 0.2) is 30.3 Å². The van der Waals surface area contributed by atoms with Crippen molar-refractivity contribution < 1.29 is 19.1 Å². The summed E-state index contributed by atoms with van der Waals surface area (Å²) in [5.74, 6) is -0.528. The van der Waals surface area contributed by atoms with Crippen LogP contribution in [-0.4, -0.2) is 23.7 Å². The van der Waals surface area contributed by atoms with Gasteiger partial charge < -0.3 is 14.8 Å². The average molecular weight is 292 g/mol.